The van der Waals surface area contributed by atoms with Crippen molar-refractivity contribution < 1.29 is 9.57 Å². The summed E-state index contributed by atoms with van der Waals surface area (Å²) in [5.41, 5.74) is 2.26. The predicted molar refractivity (Wildman–Crippen MR) is 58.4 cm³/mol. The molecule has 1 heterocycles. The van der Waals surface area contributed by atoms with Crippen LogP contribution in [0, 0.1) is 0 Å². The van der Waals surface area contributed by atoms with Crippen molar-refractivity contribution >= 4 is 0 Å². The zero-order valence-corrected chi connectivity index (χ0v) is 9.25. The summed E-state index contributed by atoms with van der Waals surface area (Å²) in [6, 6.07) is 6.15. The first-order valence-electron chi connectivity index (χ1n) is 5.23. The van der Waals surface area contributed by atoms with Gasteiger partial charge in [-0.2, -0.15) is 0 Å². The Morgan fingerprint density at radius 1 is 1.47 bits per heavy atom. The Bertz CT molecular complexity index is 361. The fourth-order valence-electron chi connectivity index (χ4n) is 1.87. The second-order valence-electron chi connectivity index (χ2n) is 4.61. The van der Waals surface area contributed by atoms with E-state index in [1.807, 2.05) is 12.1 Å². The lowest BCUT2D eigenvalue weighted by Gasteiger charge is -2.32. The van der Waals surface area contributed by atoms with E-state index in [2.05, 4.69) is 24.8 Å². The summed E-state index contributed by atoms with van der Waals surface area (Å²) >= 11 is 0. The van der Waals surface area contributed by atoms with Gasteiger partial charge < -0.3 is 4.74 Å². The highest BCUT2D eigenvalue weighted by atomic mass is 16.6. The average Bonchev–Trinajstić information content (AvgIpc) is 2.16. The van der Waals surface area contributed by atoms with Crippen LogP contribution in [-0.4, -0.2) is 5.60 Å². The maximum Gasteiger partial charge on any atom is 0.123 e. The Morgan fingerprint density at radius 2 is 2.27 bits per heavy atom. The highest BCUT2D eigenvalue weighted by Gasteiger charge is 2.26. The predicted octanol–water partition coefficient (Wildman–Crippen LogP) is 2.18. The highest BCUT2D eigenvalue weighted by molar-refractivity contribution is 5.39. The average molecular weight is 207 g/mol. The van der Waals surface area contributed by atoms with Crippen LogP contribution in [0.4, 0.5) is 0 Å². The number of rotatable bonds is 2. The van der Waals surface area contributed by atoms with Crippen molar-refractivity contribution in [1.82, 2.24) is 0 Å². The lowest BCUT2D eigenvalue weighted by Crippen LogP contribution is -2.32. The molecule has 15 heavy (non-hydrogen) atoms. The second-order valence-corrected chi connectivity index (χ2v) is 4.61. The molecule has 0 aliphatic carbocycles. The molecule has 1 aromatic rings. The van der Waals surface area contributed by atoms with E-state index in [-0.39, 0.29) is 5.60 Å². The molecule has 82 valence electrons. The quantitative estimate of drug-likeness (QED) is 0.756. The van der Waals surface area contributed by atoms with Gasteiger partial charge >= 0.3 is 0 Å². The van der Waals surface area contributed by atoms with E-state index < -0.39 is 0 Å². The van der Waals surface area contributed by atoms with Crippen molar-refractivity contribution in [1.29, 1.82) is 0 Å². The molecule has 0 aromatic heterocycles. The fraction of sp³-hybridized carbons (Fsp3) is 0.500. The Morgan fingerprint density at radius 3 is 3.00 bits per heavy atom. The van der Waals surface area contributed by atoms with Gasteiger partial charge in [-0.1, -0.05) is 12.1 Å². The molecule has 3 heteroatoms. The molecule has 0 bridgehead atoms. The molecule has 1 aromatic carbocycles. The lowest BCUT2D eigenvalue weighted by atomic mass is 9.94. The van der Waals surface area contributed by atoms with Gasteiger partial charge in [-0.05, 0) is 43.9 Å². The van der Waals surface area contributed by atoms with E-state index in [0.29, 0.717) is 6.61 Å². The maximum absolute atomic E-state index is 5.91. The number of fused-ring (bicyclic) bond motifs is 1. The molecule has 0 saturated heterocycles. The lowest BCUT2D eigenvalue weighted by molar-refractivity contribution is 0.0835. The van der Waals surface area contributed by atoms with Gasteiger partial charge in [0.2, 0.25) is 0 Å². The first-order chi connectivity index (χ1) is 7.11. The molecular formula is C12H17NO2. The van der Waals surface area contributed by atoms with E-state index in [1.165, 1.54) is 5.56 Å². The number of hydrogen-bond acceptors (Lipinski definition) is 3. The zero-order chi connectivity index (χ0) is 10.9. The summed E-state index contributed by atoms with van der Waals surface area (Å²) in [6.07, 6.45) is 2.14. The van der Waals surface area contributed by atoms with Crippen LogP contribution in [0.15, 0.2) is 18.2 Å². The summed E-state index contributed by atoms with van der Waals surface area (Å²) in [6.45, 7) is 4.65. The molecule has 0 unspecified atom stereocenters. The van der Waals surface area contributed by atoms with Gasteiger partial charge in [-0.15, -0.1) is 0 Å². The number of aryl methyl sites for hydroxylation is 1. The third-order valence-corrected chi connectivity index (χ3v) is 2.76. The SMILES string of the molecule is CC1(C)CCc2ccc(CON)cc2O1. The van der Waals surface area contributed by atoms with Crippen LogP contribution in [0.25, 0.3) is 0 Å². The van der Waals surface area contributed by atoms with Crippen molar-refractivity contribution in [2.75, 3.05) is 0 Å². The molecule has 0 atom stereocenters. The molecule has 3 nitrogen and oxygen atoms in total. The molecule has 0 spiro atoms. The van der Waals surface area contributed by atoms with E-state index in [9.17, 15) is 0 Å². The number of hydrogen-bond donors (Lipinski definition) is 1. The summed E-state index contributed by atoms with van der Waals surface area (Å²) < 4.78 is 5.91. The third-order valence-electron chi connectivity index (χ3n) is 2.76. The van der Waals surface area contributed by atoms with E-state index in [4.69, 9.17) is 10.6 Å². The number of nitrogens with two attached hydrogens (primary N) is 1. The molecule has 0 saturated carbocycles. The van der Waals surface area contributed by atoms with Gasteiger partial charge in [-0.3, -0.25) is 4.84 Å². The molecule has 2 rings (SSSR count). The first-order valence-corrected chi connectivity index (χ1v) is 5.23. The minimum absolute atomic E-state index is 0.0603. The van der Waals surface area contributed by atoms with Crippen LogP contribution in [0.2, 0.25) is 0 Å². The van der Waals surface area contributed by atoms with Crippen molar-refractivity contribution in [2.45, 2.75) is 38.9 Å². The van der Waals surface area contributed by atoms with Gasteiger partial charge in [0.05, 0.1) is 6.61 Å². The largest absolute Gasteiger partial charge is 0.488 e. The van der Waals surface area contributed by atoms with Crippen molar-refractivity contribution in [3.05, 3.63) is 29.3 Å². The van der Waals surface area contributed by atoms with Crippen LogP contribution in [0.5, 0.6) is 5.75 Å². The van der Waals surface area contributed by atoms with Crippen LogP contribution in [-0.2, 0) is 17.9 Å². The van der Waals surface area contributed by atoms with Crippen molar-refractivity contribution in [3.8, 4) is 5.75 Å². The molecule has 0 fully saturated rings. The van der Waals surface area contributed by atoms with Gasteiger partial charge in [0.25, 0.3) is 0 Å². The van der Waals surface area contributed by atoms with E-state index >= 15 is 0 Å². The molecule has 0 radical (unpaired) electrons. The third kappa shape index (κ3) is 2.30. The van der Waals surface area contributed by atoms with Gasteiger partial charge in [0.15, 0.2) is 0 Å². The van der Waals surface area contributed by atoms with Gasteiger partial charge in [-0.25, -0.2) is 5.90 Å². The standard InChI is InChI=1S/C12H17NO2/c1-12(2)6-5-10-4-3-9(8-14-13)7-11(10)15-12/h3-4,7H,5-6,8,13H2,1-2H3. The summed E-state index contributed by atoms with van der Waals surface area (Å²) in [5, 5.41) is 0. The fourth-order valence-corrected chi connectivity index (χ4v) is 1.87. The molecule has 2 N–H and O–H groups in total. The Kier molecular flexibility index (Phi) is 2.67. The minimum Gasteiger partial charge on any atom is -0.488 e. The normalized spacial score (nSPS) is 18.1. The summed E-state index contributed by atoms with van der Waals surface area (Å²) in [4.78, 5) is 4.62. The van der Waals surface area contributed by atoms with Crippen LogP contribution < -0.4 is 10.6 Å². The monoisotopic (exact) mass is 207 g/mol. The van der Waals surface area contributed by atoms with Crippen molar-refractivity contribution in [3.63, 3.8) is 0 Å². The second kappa shape index (κ2) is 3.83. The topological polar surface area (TPSA) is 44.5 Å². The van der Waals surface area contributed by atoms with Crippen molar-refractivity contribution in [2.24, 2.45) is 5.90 Å². The number of ether oxygens (including phenoxy) is 1. The Labute approximate surface area is 90.1 Å². The van der Waals surface area contributed by atoms with E-state index in [0.717, 1.165) is 24.2 Å². The van der Waals surface area contributed by atoms with E-state index in [1.54, 1.807) is 0 Å². The highest BCUT2D eigenvalue weighted by Crippen LogP contribution is 2.33. The van der Waals surface area contributed by atoms with Crippen LogP contribution >= 0.6 is 0 Å². The Hall–Kier alpha value is -1.06. The molecular weight excluding hydrogens is 190 g/mol. The van der Waals surface area contributed by atoms with Gasteiger partial charge in [0.1, 0.15) is 11.4 Å². The molecule has 1 aliphatic heterocycles. The van der Waals surface area contributed by atoms with Crippen LogP contribution in [0.1, 0.15) is 31.4 Å². The molecule has 0 amide bonds. The summed E-state index contributed by atoms with van der Waals surface area (Å²) in [5.74, 6) is 6.02. The summed E-state index contributed by atoms with van der Waals surface area (Å²) in [7, 11) is 0. The minimum atomic E-state index is -0.0603. The number of benzene rings is 1. The molecule has 1 aliphatic rings. The van der Waals surface area contributed by atoms with Crippen LogP contribution in [0.3, 0.4) is 0 Å². The first kappa shape index (κ1) is 10.5. The maximum atomic E-state index is 5.91. The van der Waals surface area contributed by atoms with Gasteiger partial charge in [0, 0.05) is 0 Å². The smallest absolute Gasteiger partial charge is 0.123 e. The zero-order valence-electron chi connectivity index (χ0n) is 9.25. The Balaban J connectivity index is 2.27.